The van der Waals surface area contributed by atoms with Crippen molar-refractivity contribution in [2.45, 2.75) is 25.0 Å². The molecule has 1 unspecified atom stereocenters. The molecule has 25 heavy (non-hydrogen) atoms. The monoisotopic (exact) mass is 356 g/mol. The van der Waals surface area contributed by atoms with E-state index >= 15 is 0 Å². The van der Waals surface area contributed by atoms with Crippen molar-refractivity contribution >= 4 is 17.5 Å². The Hall–Kier alpha value is -2.04. The first-order valence-corrected chi connectivity index (χ1v) is 9.05. The minimum absolute atomic E-state index is 0.0595. The van der Waals surface area contributed by atoms with Crippen LogP contribution in [-0.2, 0) is 6.54 Å². The summed E-state index contributed by atoms with van der Waals surface area (Å²) in [6.07, 6.45) is 1.96. The van der Waals surface area contributed by atoms with Crippen LogP contribution in [0.4, 0.5) is 0 Å². The number of ether oxygens (including phenoxy) is 1. The molecule has 1 fully saturated rings. The minimum atomic E-state index is -0.387. The van der Waals surface area contributed by atoms with Gasteiger partial charge in [0, 0.05) is 18.1 Å². The Balaban J connectivity index is 1.56. The smallest absolute Gasteiger partial charge is 0.255 e. The fourth-order valence-corrected chi connectivity index (χ4v) is 3.97. The van der Waals surface area contributed by atoms with Crippen LogP contribution in [0.15, 0.2) is 48.5 Å². The van der Waals surface area contributed by atoms with Gasteiger partial charge in [0.25, 0.3) is 5.91 Å². The van der Waals surface area contributed by atoms with Gasteiger partial charge in [0.1, 0.15) is 11.4 Å². The van der Waals surface area contributed by atoms with Gasteiger partial charge in [-0.1, -0.05) is 41.9 Å². The van der Waals surface area contributed by atoms with Crippen LogP contribution in [-0.4, -0.2) is 36.0 Å². The van der Waals surface area contributed by atoms with Gasteiger partial charge in [-0.25, -0.2) is 0 Å². The Labute approximate surface area is 152 Å². The summed E-state index contributed by atoms with van der Waals surface area (Å²) in [7, 11) is 0. The predicted molar refractivity (Wildman–Crippen MR) is 98.1 cm³/mol. The third-order valence-corrected chi connectivity index (χ3v) is 5.37. The number of carbonyl (C=O) groups excluding carboxylic acids is 1. The summed E-state index contributed by atoms with van der Waals surface area (Å²) >= 11 is 6.32. The second-order valence-corrected chi connectivity index (χ2v) is 7.28. The van der Waals surface area contributed by atoms with E-state index in [0.717, 1.165) is 43.1 Å². The van der Waals surface area contributed by atoms with Gasteiger partial charge in [-0.2, -0.15) is 0 Å². The maximum absolute atomic E-state index is 12.3. The molecule has 1 saturated heterocycles. The highest BCUT2D eigenvalue weighted by molar-refractivity contribution is 6.31. The number of piperidine rings is 1. The molecule has 0 radical (unpaired) electrons. The lowest BCUT2D eigenvalue weighted by Crippen LogP contribution is -2.56. The molecule has 1 atom stereocenters. The first kappa shape index (κ1) is 16.4. The molecule has 2 heterocycles. The Morgan fingerprint density at radius 2 is 1.96 bits per heavy atom. The van der Waals surface area contributed by atoms with Gasteiger partial charge < -0.3 is 10.1 Å². The molecule has 1 spiro atoms. The average Bonchev–Trinajstić information content (AvgIpc) is 2.75. The van der Waals surface area contributed by atoms with E-state index < -0.39 is 0 Å². The van der Waals surface area contributed by atoms with Crippen LogP contribution in [0.3, 0.4) is 0 Å². The van der Waals surface area contributed by atoms with E-state index in [2.05, 4.69) is 16.3 Å². The molecule has 2 aliphatic heterocycles. The van der Waals surface area contributed by atoms with Gasteiger partial charge in [-0.05, 0) is 43.1 Å². The Morgan fingerprint density at radius 1 is 1.16 bits per heavy atom. The van der Waals surface area contributed by atoms with Crippen molar-refractivity contribution in [3.8, 4) is 5.75 Å². The zero-order chi connectivity index (χ0) is 17.3. The van der Waals surface area contributed by atoms with Crippen molar-refractivity contribution in [3.05, 3.63) is 64.7 Å². The molecule has 5 heteroatoms. The number of para-hydroxylation sites is 1. The Bertz CT molecular complexity index is 795. The number of hydrogen-bond donors (Lipinski definition) is 1. The lowest BCUT2D eigenvalue weighted by atomic mass is 9.92. The number of nitrogens with one attached hydrogen (secondary N) is 1. The number of hydrogen-bond acceptors (Lipinski definition) is 3. The Kier molecular flexibility index (Phi) is 4.40. The number of benzene rings is 2. The van der Waals surface area contributed by atoms with Gasteiger partial charge in [0.2, 0.25) is 0 Å². The van der Waals surface area contributed by atoms with Crippen molar-refractivity contribution in [1.82, 2.24) is 10.2 Å². The topological polar surface area (TPSA) is 41.6 Å². The number of amides is 1. The third-order valence-electron chi connectivity index (χ3n) is 5.00. The van der Waals surface area contributed by atoms with E-state index in [0.29, 0.717) is 17.9 Å². The molecule has 2 aliphatic rings. The fraction of sp³-hybridized carbons (Fsp3) is 0.350. The molecule has 1 amide bonds. The summed E-state index contributed by atoms with van der Waals surface area (Å²) in [6.45, 7) is 3.10. The van der Waals surface area contributed by atoms with Crippen molar-refractivity contribution in [2.75, 3.05) is 19.6 Å². The number of halogens is 1. The first-order chi connectivity index (χ1) is 12.2. The zero-order valence-electron chi connectivity index (χ0n) is 14.0. The maximum Gasteiger partial charge on any atom is 0.255 e. The van der Waals surface area contributed by atoms with E-state index in [1.807, 2.05) is 42.5 Å². The second-order valence-electron chi connectivity index (χ2n) is 6.87. The van der Waals surface area contributed by atoms with E-state index in [4.69, 9.17) is 16.3 Å². The molecule has 2 aromatic rings. The lowest BCUT2D eigenvalue weighted by Gasteiger charge is -2.42. The lowest BCUT2D eigenvalue weighted by molar-refractivity contribution is -0.00704. The molecule has 0 aliphatic carbocycles. The van der Waals surface area contributed by atoms with Crippen molar-refractivity contribution in [3.63, 3.8) is 0 Å². The van der Waals surface area contributed by atoms with E-state index in [1.54, 1.807) is 0 Å². The van der Waals surface area contributed by atoms with Crippen LogP contribution in [0, 0.1) is 0 Å². The molecule has 0 aromatic heterocycles. The SMILES string of the molecule is O=C1NCC2(CCCN(Cc3ccccc3Cl)C2)Oc2ccccc21. The van der Waals surface area contributed by atoms with E-state index in [9.17, 15) is 4.79 Å². The molecule has 4 rings (SSSR count). The number of nitrogens with zero attached hydrogens (tertiary/aromatic N) is 1. The summed E-state index contributed by atoms with van der Waals surface area (Å²) in [4.78, 5) is 14.7. The predicted octanol–water partition coefficient (Wildman–Crippen LogP) is 3.50. The van der Waals surface area contributed by atoms with Gasteiger partial charge in [0.15, 0.2) is 0 Å². The van der Waals surface area contributed by atoms with Crippen LogP contribution in [0.25, 0.3) is 0 Å². The highest BCUT2D eigenvalue weighted by Crippen LogP contribution is 2.32. The van der Waals surface area contributed by atoms with Crippen LogP contribution >= 0.6 is 11.6 Å². The van der Waals surface area contributed by atoms with Crippen LogP contribution in [0.5, 0.6) is 5.75 Å². The largest absolute Gasteiger partial charge is 0.483 e. The number of carbonyl (C=O) groups is 1. The summed E-state index contributed by atoms with van der Waals surface area (Å²) in [5, 5.41) is 3.83. The molecule has 1 N–H and O–H groups in total. The summed E-state index contributed by atoms with van der Waals surface area (Å²) < 4.78 is 6.40. The van der Waals surface area contributed by atoms with Gasteiger partial charge in [-0.15, -0.1) is 0 Å². The normalized spacial score (nSPS) is 23.5. The number of likely N-dealkylation sites (tertiary alicyclic amines) is 1. The molecular formula is C20H21ClN2O2. The summed E-state index contributed by atoms with van der Waals surface area (Å²) in [5.41, 5.74) is 1.35. The van der Waals surface area contributed by atoms with Crippen LogP contribution in [0.1, 0.15) is 28.8 Å². The van der Waals surface area contributed by atoms with Crippen molar-refractivity contribution in [2.24, 2.45) is 0 Å². The zero-order valence-corrected chi connectivity index (χ0v) is 14.8. The quantitative estimate of drug-likeness (QED) is 0.895. The molecule has 4 nitrogen and oxygen atoms in total. The van der Waals surface area contributed by atoms with E-state index in [-0.39, 0.29) is 11.5 Å². The van der Waals surface area contributed by atoms with Gasteiger partial charge >= 0.3 is 0 Å². The van der Waals surface area contributed by atoms with E-state index in [1.165, 1.54) is 0 Å². The highest BCUT2D eigenvalue weighted by Gasteiger charge is 2.40. The van der Waals surface area contributed by atoms with Crippen LogP contribution in [0.2, 0.25) is 5.02 Å². The maximum atomic E-state index is 12.3. The molecule has 2 aromatic carbocycles. The van der Waals surface area contributed by atoms with Gasteiger partial charge in [-0.3, -0.25) is 9.69 Å². The Morgan fingerprint density at radius 3 is 2.84 bits per heavy atom. The average molecular weight is 357 g/mol. The minimum Gasteiger partial charge on any atom is -0.483 e. The number of rotatable bonds is 2. The third kappa shape index (κ3) is 3.37. The second kappa shape index (κ2) is 6.70. The summed E-state index contributed by atoms with van der Waals surface area (Å²) in [6, 6.07) is 15.4. The van der Waals surface area contributed by atoms with Gasteiger partial charge in [0.05, 0.1) is 12.1 Å². The molecular weight excluding hydrogens is 336 g/mol. The molecule has 0 bridgehead atoms. The molecule has 0 saturated carbocycles. The van der Waals surface area contributed by atoms with Crippen LogP contribution < -0.4 is 10.1 Å². The molecule has 130 valence electrons. The highest BCUT2D eigenvalue weighted by atomic mass is 35.5. The van der Waals surface area contributed by atoms with Crippen molar-refractivity contribution < 1.29 is 9.53 Å². The first-order valence-electron chi connectivity index (χ1n) is 8.67. The fourth-order valence-electron chi connectivity index (χ4n) is 3.77. The standard InChI is InChI=1S/C20H21ClN2O2/c21-17-8-3-1-6-15(17)12-23-11-5-10-20(14-23)13-22-19(24)16-7-2-4-9-18(16)25-20/h1-4,6-9H,5,10-14H2,(H,22,24). The summed E-state index contributed by atoms with van der Waals surface area (Å²) in [5.74, 6) is 0.618. The number of fused-ring (bicyclic) bond motifs is 1. The van der Waals surface area contributed by atoms with Crippen molar-refractivity contribution in [1.29, 1.82) is 0 Å².